The highest BCUT2D eigenvalue weighted by molar-refractivity contribution is 9.10. The zero-order valence-electron chi connectivity index (χ0n) is 6.60. The molecule has 2 aromatic rings. The molecular formula is C8H3BrF3NO. The van der Waals surface area contributed by atoms with Crippen LogP contribution in [0.15, 0.2) is 27.4 Å². The average Bonchev–Trinajstić information content (AvgIpc) is 2.41. The van der Waals surface area contributed by atoms with Gasteiger partial charge in [0.2, 0.25) is 0 Å². The molecule has 14 heavy (non-hydrogen) atoms. The molecule has 0 N–H and O–H groups in total. The Balaban J connectivity index is 2.77. The predicted octanol–water partition coefficient (Wildman–Crippen LogP) is 3.61. The van der Waals surface area contributed by atoms with Crippen LogP contribution in [0.5, 0.6) is 0 Å². The molecule has 0 spiro atoms. The highest BCUT2D eigenvalue weighted by Gasteiger charge is 2.34. The van der Waals surface area contributed by atoms with E-state index in [0.29, 0.717) is 0 Å². The lowest BCUT2D eigenvalue weighted by atomic mass is 10.2. The smallest absolute Gasteiger partial charge is 0.418 e. The van der Waals surface area contributed by atoms with Gasteiger partial charge in [-0.05, 0) is 12.1 Å². The number of rotatable bonds is 0. The fourth-order valence-electron chi connectivity index (χ4n) is 1.15. The quantitative estimate of drug-likeness (QED) is 0.728. The summed E-state index contributed by atoms with van der Waals surface area (Å²) in [7, 11) is 0. The second-order valence-corrected chi connectivity index (χ2v) is 3.30. The molecule has 74 valence electrons. The van der Waals surface area contributed by atoms with Crippen LogP contribution in [-0.4, -0.2) is 4.98 Å². The molecule has 0 saturated heterocycles. The fourth-order valence-corrected chi connectivity index (χ4v) is 1.50. The average molecular weight is 266 g/mol. The number of oxazole rings is 1. The second-order valence-electron chi connectivity index (χ2n) is 2.62. The summed E-state index contributed by atoms with van der Waals surface area (Å²) in [4.78, 5) is 3.66. The summed E-state index contributed by atoms with van der Waals surface area (Å²) in [6, 6.07) is 3.68. The van der Waals surface area contributed by atoms with Gasteiger partial charge in [0.1, 0.15) is 5.52 Å². The Kier molecular flexibility index (Phi) is 2.02. The SMILES string of the molecule is FC(F)(F)c1cccc2oc(Br)nc12. The van der Waals surface area contributed by atoms with Crippen molar-refractivity contribution in [3.63, 3.8) is 0 Å². The van der Waals surface area contributed by atoms with Crippen LogP contribution in [-0.2, 0) is 6.18 Å². The van der Waals surface area contributed by atoms with Gasteiger partial charge >= 0.3 is 6.18 Å². The Bertz CT molecular complexity index is 477. The van der Waals surface area contributed by atoms with Crippen LogP contribution in [0.2, 0.25) is 0 Å². The Morgan fingerprint density at radius 1 is 1.29 bits per heavy atom. The number of aromatic nitrogens is 1. The monoisotopic (exact) mass is 265 g/mol. The van der Waals surface area contributed by atoms with E-state index in [0.717, 1.165) is 6.07 Å². The molecule has 0 aliphatic carbocycles. The zero-order valence-corrected chi connectivity index (χ0v) is 8.19. The Morgan fingerprint density at radius 2 is 2.00 bits per heavy atom. The van der Waals surface area contributed by atoms with Gasteiger partial charge in [0.15, 0.2) is 5.58 Å². The topological polar surface area (TPSA) is 26.0 Å². The van der Waals surface area contributed by atoms with Crippen molar-refractivity contribution in [3.8, 4) is 0 Å². The number of fused-ring (bicyclic) bond motifs is 1. The maximum atomic E-state index is 12.4. The van der Waals surface area contributed by atoms with E-state index in [1.165, 1.54) is 12.1 Å². The normalized spacial score (nSPS) is 12.3. The Labute approximate surface area is 84.9 Å². The van der Waals surface area contributed by atoms with Crippen molar-refractivity contribution in [1.29, 1.82) is 0 Å². The van der Waals surface area contributed by atoms with Crippen molar-refractivity contribution in [2.45, 2.75) is 6.18 Å². The van der Waals surface area contributed by atoms with Gasteiger partial charge in [0.05, 0.1) is 5.56 Å². The number of hydrogen-bond acceptors (Lipinski definition) is 2. The number of nitrogens with zero attached hydrogens (tertiary/aromatic N) is 1. The van der Waals surface area contributed by atoms with Crippen molar-refractivity contribution < 1.29 is 17.6 Å². The van der Waals surface area contributed by atoms with Gasteiger partial charge in [0.25, 0.3) is 4.80 Å². The van der Waals surface area contributed by atoms with Gasteiger partial charge in [-0.1, -0.05) is 6.07 Å². The first kappa shape index (κ1) is 9.51. The third kappa shape index (κ3) is 1.50. The largest absolute Gasteiger partial charge is 0.431 e. The molecular weight excluding hydrogens is 263 g/mol. The summed E-state index contributed by atoms with van der Waals surface area (Å²) in [6.07, 6.45) is -4.41. The summed E-state index contributed by atoms with van der Waals surface area (Å²) < 4.78 is 42.2. The summed E-state index contributed by atoms with van der Waals surface area (Å²) in [6.45, 7) is 0. The maximum Gasteiger partial charge on any atom is 0.418 e. The Morgan fingerprint density at radius 3 is 2.64 bits per heavy atom. The van der Waals surface area contributed by atoms with Gasteiger partial charge in [-0.25, -0.2) is 4.98 Å². The number of hydrogen-bond donors (Lipinski definition) is 0. The van der Waals surface area contributed by atoms with Crippen molar-refractivity contribution in [2.24, 2.45) is 0 Å². The lowest BCUT2D eigenvalue weighted by Gasteiger charge is -2.05. The van der Waals surface area contributed by atoms with E-state index in [2.05, 4.69) is 20.9 Å². The lowest BCUT2D eigenvalue weighted by Crippen LogP contribution is -2.05. The standard InChI is InChI=1S/C8H3BrF3NO/c9-7-13-6-4(8(10,11)12)2-1-3-5(6)14-7/h1-3H. The lowest BCUT2D eigenvalue weighted by molar-refractivity contribution is -0.136. The molecule has 2 rings (SSSR count). The van der Waals surface area contributed by atoms with E-state index < -0.39 is 11.7 Å². The first-order valence-corrected chi connectivity index (χ1v) is 4.40. The minimum Gasteiger partial charge on any atom is -0.431 e. The molecule has 0 amide bonds. The minimum atomic E-state index is -4.41. The zero-order chi connectivity index (χ0) is 10.3. The fraction of sp³-hybridized carbons (Fsp3) is 0.125. The highest BCUT2D eigenvalue weighted by atomic mass is 79.9. The summed E-state index contributed by atoms with van der Waals surface area (Å²) in [5.74, 6) is 0. The minimum absolute atomic E-state index is 0.0456. The van der Waals surface area contributed by atoms with E-state index in [1.807, 2.05) is 0 Å². The number of benzene rings is 1. The van der Waals surface area contributed by atoms with Crippen LogP contribution in [0.3, 0.4) is 0 Å². The third-order valence-corrected chi connectivity index (χ3v) is 2.04. The molecule has 0 saturated carbocycles. The van der Waals surface area contributed by atoms with Gasteiger partial charge in [-0.15, -0.1) is 0 Å². The van der Waals surface area contributed by atoms with E-state index in [4.69, 9.17) is 4.42 Å². The number of halogens is 4. The Hall–Kier alpha value is -1.04. The number of para-hydroxylation sites is 1. The summed E-state index contributed by atoms with van der Waals surface area (Å²) in [5, 5.41) is 0. The van der Waals surface area contributed by atoms with Gasteiger partial charge in [-0.3, -0.25) is 0 Å². The summed E-state index contributed by atoms with van der Waals surface area (Å²) >= 11 is 2.88. The molecule has 0 atom stereocenters. The van der Waals surface area contributed by atoms with Crippen LogP contribution in [0.25, 0.3) is 11.1 Å². The molecule has 1 heterocycles. The molecule has 0 aliphatic rings. The first-order chi connectivity index (χ1) is 6.48. The third-order valence-electron chi connectivity index (χ3n) is 1.70. The second kappa shape index (κ2) is 2.98. The number of alkyl halides is 3. The first-order valence-electron chi connectivity index (χ1n) is 3.61. The molecule has 2 nitrogen and oxygen atoms in total. The van der Waals surface area contributed by atoms with Crippen molar-refractivity contribution in [3.05, 3.63) is 28.6 Å². The van der Waals surface area contributed by atoms with Gasteiger partial charge in [-0.2, -0.15) is 13.2 Å². The van der Waals surface area contributed by atoms with Crippen LogP contribution in [0.1, 0.15) is 5.56 Å². The van der Waals surface area contributed by atoms with E-state index in [-0.39, 0.29) is 15.9 Å². The molecule has 0 unspecified atom stereocenters. The van der Waals surface area contributed by atoms with Gasteiger partial charge < -0.3 is 4.42 Å². The van der Waals surface area contributed by atoms with E-state index >= 15 is 0 Å². The van der Waals surface area contributed by atoms with Crippen LogP contribution < -0.4 is 0 Å². The van der Waals surface area contributed by atoms with Crippen LogP contribution in [0.4, 0.5) is 13.2 Å². The van der Waals surface area contributed by atoms with E-state index in [9.17, 15) is 13.2 Å². The molecule has 1 aromatic heterocycles. The van der Waals surface area contributed by atoms with Crippen molar-refractivity contribution in [2.75, 3.05) is 0 Å². The summed E-state index contributed by atoms with van der Waals surface area (Å²) in [5.41, 5.74) is -0.844. The molecule has 1 aromatic carbocycles. The van der Waals surface area contributed by atoms with Crippen molar-refractivity contribution in [1.82, 2.24) is 4.98 Å². The maximum absolute atomic E-state index is 12.4. The highest BCUT2D eigenvalue weighted by Crippen LogP contribution is 2.35. The molecule has 0 fully saturated rings. The molecule has 0 radical (unpaired) electrons. The molecule has 0 aliphatic heterocycles. The van der Waals surface area contributed by atoms with Crippen LogP contribution >= 0.6 is 15.9 Å². The van der Waals surface area contributed by atoms with Crippen LogP contribution in [0, 0.1) is 0 Å². The van der Waals surface area contributed by atoms with E-state index in [1.54, 1.807) is 0 Å². The van der Waals surface area contributed by atoms with Crippen molar-refractivity contribution >= 4 is 27.0 Å². The van der Waals surface area contributed by atoms with Gasteiger partial charge in [0, 0.05) is 15.9 Å². The molecule has 0 bridgehead atoms. The molecule has 6 heteroatoms. The predicted molar refractivity (Wildman–Crippen MR) is 46.7 cm³/mol.